The first-order valence-corrected chi connectivity index (χ1v) is 9.65. The molecule has 1 aromatic carbocycles. The molecule has 0 radical (unpaired) electrons. The van der Waals surface area contributed by atoms with Gasteiger partial charge >= 0.3 is 5.97 Å². The molecule has 5 nitrogen and oxygen atoms in total. The van der Waals surface area contributed by atoms with Gasteiger partial charge in [0, 0.05) is 6.20 Å². The maximum atomic E-state index is 13.0. The van der Waals surface area contributed by atoms with Gasteiger partial charge < -0.3 is 10.4 Å². The number of anilines is 1. The number of amides is 1. The zero-order valence-electron chi connectivity index (χ0n) is 14.6. The van der Waals surface area contributed by atoms with Crippen LogP contribution >= 0.6 is 23.2 Å². The lowest BCUT2D eigenvalue weighted by atomic mass is 9.87. The number of rotatable bonds is 6. The second-order valence-electron chi connectivity index (χ2n) is 6.84. The van der Waals surface area contributed by atoms with Gasteiger partial charge in [0.05, 0.1) is 21.5 Å². The number of hydrogen-bond acceptors (Lipinski definition) is 3. The van der Waals surface area contributed by atoms with Crippen LogP contribution < -0.4 is 5.32 Å². The molecule has 1 heterocycles. The zero-order chi connectivity index (χ0) is 19.4. The molecule has 0 bridgehead atoms. The van der Waals surface area contributed by atoms with Gasteiger partial charge in [-0.15, -0.1) is 0 Å². The molecule has 0 spiro atoms. The molecule has 0 saturated heterocycles. The van der Waals surface area contributed by atoms with Crippen LogP contribution in [0.2, 0.25) is 10.0 Å². The Hall–Kier alpha value is -2.11. The van der Waals surface area contributed by atoms with Crippen molar-refractivity contribution in [2.75, 3.05) is 5.32 Å². The number of benzene rings is 1. The van der Waals surface area contributed by atoms with Crippen LogP contribution in [-0.4, -0.2) is 22.0 Å². The minimum absolute atomic E-state index is 0.0694. The van der Waals surface area contributed by atoms with E-state index in [1.807, 2.05) is 6.07 Å². The first kappa shape index (κ1) is 19.6. The Morgan fingerprint density at radius 2 is 1.89 bits per heavy atom. The molecule has 0 aliphatic heterocycles. The van der Waals surface area contributed by atoms with Crippen LogP contribution in [0.4, 0.5) is 5.82 Å². The summed E-state index contributed by atoms with van der Waals surface area (Å²) in [6.07, 6.45) is 6.59. The van der Waals surface area contributed by atoms with E-state index in [9.17, 15) is 9.59 Å². The van der Waals surface area contributed by atoms with Crippen LogP contribution in [0.1, 0.15) is 53.9 Å². The summed E-state index contributed by atoms with van der Waals surface area (Å²) < 4.78 is 0. The number of carboxylic acid groups (broad SMARTS) is 1. The maximum absolute atomic E-state index is 13.0. The van der Waals surface area contributed by atoms with Gasteiger partial charge in [-0.1, -0.05) is 55.0 Å². The van der Waals surface area contributed by atoms with E-state index in [2.05, 4.69) is 10.3 Å². The monoisotopic (exact) mass is 406 g/mol. The minimum Gasteiger partial charge on any atom is -0.478 e. The molecule has 2 N–H and O–H groups in total. The number of nitrogens with one attached hydrogen (secondary N) is 1. The van der Waals surface area contributed by atoms with Crippen LogP contribution in [0.15, 0.2) is 36.5 Å². The minimum atomic E-state index is -1.06. The van der Waals surface area contributed by atoms with E-state index >= 15 is 0 Å². The summed E-state index contributed by atoms with van der Waals surface area (Å²) in [5.41, 5.74) is 0.885. The van der Waals surface area contributed by atoms with Crippen molar-refractivity contribution in [1.29, 1.82) is 0 Å². The van der Waals surface area contributed by atoms with E-state index in [0.717, 1.165) is 24.8 Å². The highest BCUT2D eigenvalue weighted by molar-refractivity contribution is 6.42. The molecule has 1 aliphatic carbocycles. The molecule has 7 heteroatoms. The van der Waals surface area contributed by atoms with Gasteiger partial charge in [0.25, 0.3) is 0 Å². The first-order valence-electron chi connectivity index (χ1n) is 8.89. The van der Waals surface area contributed by atoms with Gasteiger partial charge in [-0.2, -0.15) is 0 Å². The van der Waals surface area contributed by atoms with E-state index in [-0.39, 0.29) is 17.4 Å². The molecule has 1 fully saturated rings. The van der Waals surface area contributed by atoms with Crippen LogP contribution in [0.5, 0.6) is 0 Å². The normalized spacial score (nSPS) is 15.5. The van der Waals surface area contributed by atoms with Crippen LogP contribution in [0.3, 0.4) is 0 Å². The molecule has 142 valence electrons. The lowest BCUT2D eigenvalue weighted by Crippen LogP contribution is -2.23. The largest absolute Gasteiger partial charge is 0.478 e. The molecule has 1 amide bonds. The Bertz CT molecular complexity index is 834. The third-order valence-corrected chi connectivity index (χ3v) is 5.71. The average molecular weight is 407 g/mol. The fraction of sp³-hybridized carbons (Fsp3) is 0.350. The fourth-order valence-corrected chi connectivity index (χ4v) is 3.82. The highest BCUT2D eigenvalue weighted by atomic mass is 35.5. The molecule has 1 aromatic heterocycles. The van der Waals surface area contributed by atoms with Crippen molar-refractivity contribution in [1.82, 2.24) is 4.98 Å². The molecule has 3 rings (SSSR count). The van der Waals surface area contributed by atoms with Crippen molar-refractivity contribution in [3.05, 3.63) is 57.7 Å². The van der Waals surface area contributed by atoms with Crippen molar-refractivity contribution in [2.45, 2.75) is 38.0 Å². The summed E-state index contributed by atoms with van der Waals surface area (Å²) >= 11 is 12.2. The van der Waals surface area contributed by atoms with E-state index in [4.69, 9.17) is 28.3 Å². The quantitative estimate of drug-likeness (QED) is 0.673. The van der Waals surface area contributed by atoms with Crippen molar-refractivity contribution >= 4 is 40.9 Å². The summed E-state index contributed by atoms with van der Waals surface area (Å²) in [6.45, 7) is 0. The Morgan fingerprint density at radius 3 is 2.48 bits per heavy atom. The van der Waals surface area contributed by atoms with Crippen molar-refractivity contribution in [3.8, 4) is 0 Å². The Labute approximate surface area is 167 Å². The summed E-state index contributed by atoms with van der Waals surface area (Å²) in [5.74, 6) is -0.797. The lowest BCUT2D eigenvalue weighted by Gasteiger charge is -2.21. The zero-order valence-corrected chi connectivity index (χ0v) is 16.1. The second kappa shape index (κ2) is 8.72. The third-order valence-electron chi connectivity index (χ3n) is 4.97. The Kier molecular flexibility index (Phi) is 6.34. The SMILES string of the molecule is O=C(O)c1ccc(NC(=O)C(CC2CCCC2)c2ccc(Cl)c(Cl)c2)nc1. The molecule has 1 atom stereocenters. The number of pyridine rings is 1. The van der Waals surface area contributed by atoms with E-state index in [0.29, 0.717) is 21.8 Å². The van der Waals surface area contributed by atoms with Crippen LogP contribution in [-0.2, 0) is 4.79 Å². The van der Waals surface area contributed by atoms with Gasteiger partial charge in [-0.3, -0.25) is 4.79 Å². The Balaban J connectivity index is 1.80. The third kappa shape index (κ3) is 4.99. The second-order valence-corrected chi connectivity index (χ2v) is 7.65. The number of halogens is 2. The van der Waals surface area contributed by atoms with Crippen LogP contribution in [0, 0.1) is 5.92 Å². The number of nitrogens with zero attached hydrogens (tertiary/aromatic N) is 1. The summed E-state index contributed by atoms with van der Waals surface area (Å²) in [6, 6.07) is 8.17. The number of carbonyl (C=O) groups excluding carboxylic acids is 1. The number of carboxylic acids is 1. The predicted molar refractivity (Wildman–Crippen MR) is 106 cm³/mol. The number of aromatic nitrogens is 1. The predicted octanol–water partition coefficient (Wildman–Crippen LogP) is 5.39. The molecular weight excluding hydrogens is 387 g/mol. The molecule has 1 aliphatic rings. The number of carbonyl (C=O) groups is 2. The summed E-state index contributed by atoms with van der Waals surface area (Å²) in [5, 5.41) is 12.6. The van der Waals surface area contributed by atoms with Gasteiger partial charge in [-0.25, -0.2) is 9.78 Å². The standard InChI is InChI=1S/C20H20Cl2N2O3/c21-16-7-5-13(10-17(16)22)15(9-12-3-1-2-4-12)19(25)24-18-8-6-14(11-23-18)20(26)27/h5-8,10-12,15H,1-4,9H2,(H,26,27)(H,23,24,25). The molecular formula is C20H20Cl2N2O3. The maximum Gasteiger partial charge on any atom is 0.337 e. The van der Waals surface area contributed by atoms with Gasteiger partial charge in [0.15, 0.2) is 0 Å². The fourth-order valence-electron chi connectivity index (χ4n) is 3.51. The molecule has 2 aromatic rings. The van der Waals surface area contributed by atoms with Gasteiger partial charge in [0.2, 0.25) is 5.91 Å². The van der Waals surface area contributed by atoms with E-state index in [1.165, 1.54) is 31.2 Å². The lowest BCUT2D eigenvalue weighted by molar-refractivity contribution is -0.118. The first-order chi connectivity index (χ1) is 12.9. The van der Waals surface area contributed by atoms with Crippen molar-refractivity contribution in [3.63, 3.8) is 0 Å². The van der Waals surface area contributed by atoms with E-state index in [1.54, 1.807) is 12.1 Å². The van der Waals surface area contributed by atoms with Gasteiger partial charge in [0.1, 0.15) is 5.82 Å². The molecule has 27 heavy (non-hydrogen) atoms. The number of aromatic carboxylic acids is 1. The smallest absolute Gasteiger partial charge is 0.337 e. The summed E-state index contributed by atoms with van der Waals surface area (Å²) in [7, 11) is 0. The highest BCUT2D eigenvalue weighted by Gasteiger charge is 2.27. The highest BCUT2D eigenvalue weighted by Crippen LogP contribution is 2.36. The molecule has 1 unspecified atom stereocenters. The van der Waals surface area contributed by atoms with Crippen molar-refractivity contribution in [2.24, 2.45) is 5.92 Å². The topological polar surface area (TPSA) is 79.3 Å². The van der Waals surface area contributed by atoms with Crippen LogP contribution in [0.25, 0.3) is 0 Å². The van der Waals surface area contributed by atoms with E-state index < -0.39 is 5.97 Å². The number of hydrogen-bond donors (Lipinski definition) is 2. The summed E-state index contributed by atoms with van der Waals surface area (Å²) in [4.78, 5) is 27.9. The Morgan fingerprint density at radius 1 is 1.15 bits per heavy atom. The van der Waals surface area contributed by atoms with Crippen molar-refractivity contribution < 1.29 is 14.7 Å². The average Bonchev–Trinajstić information content (AvgIpc) is 3.16. The molecule has 1 saturated carbocycles. The van der Waals surface area contributed by atoms with Gasteiger partial charge in [-0.05, 0) is 42.2 Å².